The first-order valence-corrected chi connectivity index (χ1v) is 5.78. The van der Waals surface area contributed by atoms with Crippen LogP contribution in [0.25, 0.3) is 0 Å². The van der Waals surface area contributed by atoms with Crippen molar-refractivity contribution in [2.24, 2.45) is 0 Å². The Labute approximate surface area is 78.5 Å². The van der Waals surface area contributed by atoms with Crippen LogP contribution in [0.1, 0.15) is 12.8 Å². The molecular formula is C7H12ClNO2S. The Balaban J connectivity index is 3.57. The van der Waals surface area contributed by atoms with Crippen molar-refractivity contribution in [2.75, 3.05) is 18.2 Å². The molecule has 0 amide bonds. The van der Waals surface area contributed by atoms with E-state index in [1.165, 1.54) is 0 Å². The maximum atomic E-state index is 10.9. The Morgan fingerprint density at radius 3 is 2.67 bits per heavy atom. The molecule has 0 bridgehead atoms. The van der Waals surface area contributed by atoms with Gasteiger partial charge in [0.05, 0.1) is 5.75 Å². The maximum absolute atomic E-state index is 10.9. The number of terminal acetylenes is 1. The summed E-state index contributed by atoms with van der Waals surface area (Å²) in [6.07, 6.45) is 6.24. The zero-order valence-corrected chi connectivity index (χ0v) is 8.29. The van der Waals surface area contributed by atoms with Gasteiger partial charge in [-0.15, -0.1) is 23.9 Å². The van der Waals surface area contributed by atoms with Crippen molar-refractivity contribution in [2.45, 2.75) is 12.8 Å². The normalized spacial score (nSPS) is 11.0. The molecule has 70 valence electrons. The first kappa shape index (κ1) is 11.8. The monoisotopic (exact) mass is 209 g/mol. The molecule has 0 aliphatic rings. The molecule has 0 aromatic carbocycles. The van der Waals surface area contributed by atoms with Crippen LogP contribution in [0, 0.1) is 12.3 Å². The Hall–Kier alpha value is -0.240. The van der Waals surface area contributed by atoms with Crippen molar-refractivity contribution in [3.63, 3.8) is 0 Å². The van der Waals surface area contributed by atoms with Crippen LogP contribution >= 0.6 is 11.6 Å². The summed E-state index contributed by atoms with van der Waals surface area (Å²) in [6, 6.07) is 0. The minimum Gasteiger partial charge on any atom is -0.215 e. The molecule has 0 aromatic heterocycles. The van der Waals surface area contributed by atoms with Crippen LogP contribution in [-0.4, -0.2) is 26.6 Å². The topological polar surface area (TPSA) is 46.2 Å². The van der Waals surface area contributed by atoms with Crippen LogP contribution in [0.15, 0.2) is 0 Å². The van der Waals surface area contributed by atoms with E-state index in [2.05, 4.69) is 10.6 Å². The van der Waals surface area contributed by atoms with E-state index < -0.39 is 10.0 Å². The number of alkyl halides is 1. The molecule has 0 rings (SSSR count). The number of hydrogen-bond acceptors (Lipinski definition) is 2. The van der Waals surface area contributed by atoms with E-state index in [1.807, 2.05) is 0 Å². The molecule has 0 atom stereocenters. The number of rotatable bonds is 6. The molecule has 12 heavy (non-hydrogen) atoms. The zero-order valence-electron chi connectivity index (χ0n) is 6.72. The van der Waals surface area contributed by atoms with Gasteiger partial charge < -0.3 is 0 Å². The van der Waals surface area contributed by atoms with E-state index >= 15 is 0 Å². The van der Waals surface area contributed by atoms with Gasteiger partial charge in [-0.05, 0) is 6.42 Å². The average molecular weight is 210 g/mol. The van der Waals surface area contributed by atoms with Crippen molar-refractivity contribution in [1.29, 1.82) is 0 Å². The third-order valence-corrected chi connectivity index (χ3v) is 2.96. The second-order valence-electron chi connectivity index (χ2n) is 2.21. The fraction of sp³-hybridized carbons (Fsp3) is 0.714. The van der Waals surface area contributed by atoms with E-state index in [0.29, 0.717) is 19.4 Å². The quantitative estimate of drug-likeness (QED) is 0.395. The molecule has 5 heteroatoms. The third kappa shape index (κ3) is 6.47. The lowest BCUT2D eigenvalue weighted by atomic mass is 10.3. The minimum atomic E-state index is -3.16. The smallest absolute Gasteiger partial charge is 0.212 e. The maximum Gasteiger partial charge on any atom is 0.212 e. The summed E-state index contributed by atoms with van der Waals surface area (Å²) in [4.78, 5) is 0. The Morgan fingerprint density at radius 1 is 1.50 bits per heavy atom. The third-order valence-electron chi connectivity index (χ3n) is 1.17. The van der Waals surface area contributed by atoms with E-state index in [4.69, 9.17) is 18.0 Å². The van der Waals surface area contributed by atoms with Gasteiger partial charge in [-0.3, -0.25) is 0 Å². The second kappa shape index (κ2) is 6.30. The highest BCUT2D eigenvalue weighted by molar-refractivity contribution is 7.89. The highest BCUT2D eigenvalue weighted by atomic mass is 35.5. The van der Waals surface area contributed by atoms with Gasteiger partial charge in [0.1, 0.15) is 0 Å². The summed E-state index contributed by atoms with van der Waals surface area (Å²) in [5, 5.41) is 0. The van der Waals surface area contributed by atoms with E-state index in [0.717, 1.165) is 0 Å². The van der Waals surface area contributed by atoms with Crippen molar-refractivity contribution in [3.05, 3.63) is 0 Å². The van der Waals surface area contributed by atoms with E-state index in [-0.39, 0.29) is 11.6 Å². The number of sulfonamides is 1. The number of hydrogen-bond donors (Lipinski definition) is 1. The fourth-order valence-electron chi connectivity index (χ4n) is 0.592. The molecule has 0 heterocycles. The van der Waals surface area contributed by atoms with Crippen LogP contribution in [-0.2, 0) is 10.0 Å². The van der Waals surface area contributed by atoms with Gasteiger partial charge >= 0.3 is 0 Å². The van der Waals surface area contributed by atoms with Crippen molar-refractivity contribution < 1.29 is 8.42 Å². The van der Waals surface area contributed by atoms with Gasteiger partial charge in [-0.1, -0.05) is 0 Å². The van der Waals surface area contributed by atoms with Gasteiger partial charge in [0, 0.05) is 18.8 Å². The van der Waals surface area contributed by atoms with Crippen LogP contribution in [0.5, 0.6) is 0 Å². The highest BCUT2D eigenvalue weighted by Crippen LogP contribution is 1.89. The second-order valence-corrected chi connectivity index (χ2v) is 4.51. The summed E-state index contributed by atoms with van der Waals surface area (Å²) >= 11 is 5.27. The van der Waals surface area contributed by atoms with Gasteiger partial charge in [0.15, 0.2) is 0 Å². The molecule has 0 aromatic rings. The Morgan fingerprint density at radius 2 is 2.17 bits per heavy atom. The fourth-order valence-corrected chi connectivity index (χ4v) is 2.00. The molecule has 0 aliphatic carbocycles. The molecule has 0 saturated carbocycles. The van der Waals surface area contributed by atoms with Crippen molar-refractivity contribution in [1.82, 2.24) is 4.72 Å². The summed E-state index contributed by atoms with van der Waals surface area (Å²) in [5.74, 6) is 2.50. The molecule has 0 aliphatic heterocycles. The molecule has 0 radical (unpaired) electrons. The molecule has 3 nitrogen and oxygen atoms in total. The highest BCUT2D eigenvalue weighted by Gasteiger charge is 2.06. The average Bonchev–Trinajstić information content (AvgIpc) is 1.98. The van der Waals surface area contributed by atoms with Crippen LogP contribution in [0.2, 0.25) is 0 Å². The summed E-state index contributed by atoms with van der Waals surface area (Å²) < 4.78 is 24.3. The number of nitrogens with one attached hydrogen (secondary N) is 1. The first-order valence-electron chi connectivity index (χ1n) is 3.59. The molecule has 1 N–H and O–H groups in total. The lowest BCUT2D eigenvalue weighted by Crippen LogP contribution is -2.27. The van der Waals surface area contributed by atoms with Gasteiger partial charge in [-0.25, -0.2) is 13.1 Å². The first-order chi connectivity index (χ1) is 5.62. The molecule has 0 saturated heterocycles. The molecule has 0 fully saturated rings. The SMILES string of the molecule is C#CCCCNS(=O)(=O)CCCl. The lowest BCUT2D eigenvalue weighted by molar-refractivity contribution is 0.581. The van der Waals surface area contributed by atoms with Crippen LogP contribution < -0.4 is 4.72 Å². The summed E-state index contributed by atoms with van der Waals surface area (Å²) in [5.41, 5.74) is 0. The molecule has 0 unspecified atom stereocenters. The largest absolute Gasteiger partial charge is 0.215 e. The van der Waals surface area contributed by atoms with Gasteiger partial charge in [0.25, 0.3) is 0 Å². The van der Waals surface area contributed by atoms with Crippen LogP contribution in [0.3, 0.4) is 0 Å². The Kier molecular flexibility index (Phi) is 6.17. The van der Waals surface area contributed by atoms with Gasteiger partial charge in [0.2, 0.25) is 10.0 Å². The molecule has 0 spiro atoms. The predicted octanol–water partition coefficient (Wildman–Crippen LogP) is 0.558. The predicted molar refractivity (Wildman–Crippen MR) is 50.6 cm³/mol. The van der Waals surface area contributed by atoms with Crippen molar-refractivity contribution >= 4 is 21.6 Å². The van der Waals surface area contributed by atoms with E-state index in [9.17, 15) is 8.42 Å². The van der Waals surface area contributed by atoms with E-state index in [1.54, 1.807) is 0 Å². The summed E-state index contributed by atoms with van der Waals surface area (Å²) in [7, 11) is -3.16. The number of halogens is 1. The van der Waals surface area contributed by atoms with Crippen molar-refractivity contribution in [3.8, 4) is 12.3 Å². The standard InChI is InChI=1S/C7H12ClNO2S/c1-2-3-4-6-9-12(10,11)7-5-8/h1,9H,3-7H2. The number of unbranched alkanes of at least 4 members (excludes halogenated alkanes) is 1. The lowest BCUT2D eigenvalue weighted by Gasteiger charge is -2.02. The Bertz CT molecular complexity index is 243. The zero-order chi connectivity index (χ0) is 9.45. The minimum absolute atomic E-state index is 0.0371. The van der Waals surface area contributed by atoms with Crippen LogP contribution in [0.4, 0.5) is 0 Å². The van der Waals surface area contributed by atoms with Gasteiger partial charge in [-0.2, -0.15) is 0 Å². The summed E-state index contributed by atoms with van der Waals surface area (Å²) in [6.45, 7) is 0.392. The molecular weight excluding hydrogens is 198 g/mol.